The Labute approximate surface area is 141 Å². The van der Waals surface area contributed by atoms with E-state index in [-0.39, 0.29) is 25.2 Å². The summed E-state index contributed by atoms with van der Waals surface area (Å²) in [6.45, 7) is 3.28. The van der Waals surface area contributed by atoms with Gasteiger partial charge in [-0.2, -0.15) is 0 Å². The molecule has 0 amide bonds. The molecule has 7 nitrogen and oxygen atoms in total. The van der Waals surface area contributed by atoms with Crippen LogP contribution in [0.25, 0.3) is 0 Å². The number of Topliss-reactive ketones (excluding diaryl/α,β-unsaturated/α-hetero) is 3. The highest BCUT2D eigenvalue weighted by Crippen LogP contribution is 2.40. The highest BCUT2D eigenvalue weighted by molar-refractivity contribution is 6.25. The lowest BCUT2D eigenvalue weighted by atomic mass is 9.63. The first kappa shape index (κ1) is 20.0. The van der Waals surface area contributed by atoms with Gasteiger partial charge in [0.25, 0.3) is 0 Å². The van der Waals surface area contributed by atoms with E-state index in [9.17, 15) is 24.0 Å². The maximum atomic E-state index is 12.6. The molecule has 0 radical (unpaired) electrons. The van der Waals surface area contributed by atoms with Gasteiger partial charge in [0.1, 0.15) is 11.8 Å². The molecule has 1 fully saturated rings. The monoisotopic (exact) mass is 340 g/mol. The number of hydrogen-bond donors (Lipinski definition) is 0. The summed E-state index contributed by atoms with van der Waals surface area (Å²) in [5, 5.41) is 0. The van der Waals surface area contributed by atoms with Crippen LogP contribution in [0.1, 0.15) is 46.0 Å². The van der Waals surface area contributed by atoms with Gasteiger partial charge in [0, 0.05) is 19.3 Å². The van der Waals surface area contributed by atoms with Gasteiger partial charge in [0.05, 0.1) is 14.2 Å². The van der Waals surface area contributed by atoms with Gasteiger partial charge >= 0.3 is 11.9 Å². The zero-order valence-electron chi connectivity index (χ0n) is 14.5. The molecule has 1 aliphatic rings. The van der Waals surface area contributed by atoms with Gasteiger partial charge in [0.2, 0.25) is 0 Å². The molecule has 1 rings (SSSR count). The van der Waals surface area contributed by atoms with Gasteiger partial charge in [0.15, 0.2) is 17.3 Å². The van der Waals surface area contributed by atoms with Crippen LogP contribution < -0.4 is 0 Å². The predicted octanol–water partition coefficient (Wildman–Crippen LogP) is 1.26. The van der Waals surface area contributed by atoms with E-state index in [1.54, 1.807) is 13.8 Å². The van der Waals surface area contributed by atoms with Crippen molar-refractivity contribution in [2.75, 3.05) is 14.2 Å². The van der Waals surface area contributed by atoms with Crippen LogP contribution in [0.15, 0.2) is 0 Å². The van der Waals surface area contributed by atoms with E-state index in [0.717, 1.165) is 0 Å². The Balaban J connectivity index is 2.77. The predicted molar refractivity (Wildman–Crippen MR) is 82.9 cm³/mol. The molecular weight excluding hydrogens is 316 g/mol. The van der Waals surface area contributed by atoms with Crippen LogP contribution in [0.2, 0.25) is 0 Å². The van der Waals surface area contributed by atoms with E-state index in [2.05, 4.69) is 9.47 Å². The molecule has 0 bridgehead atoms. The van der Waals surface area contributed by atoms with Crippen molar-refractivity contribution in [3.05, 3.63) is 0 Å². The Morgan fingerprint density at radius 3 is 2.17 bits per heavy atom. The van der Waals surface area contributed by atoms with Gasteiger partial charge in [-0.1, -0.05) is 13.8 Å². The molecule has 0 N–H and O–H groups in total. The van der Waals surface area contributed by atoms with Crippen LogP contribution in [0.4, 0.5) is 0 Å². The lowest BCUT2D eigenvalue weighted by molar-refractivity contribution is -0.161. The Hall–Kier alpha value is -2.05. The van der Waals surface area contributed by atoms with Crippen LogP contribution in [0.5, 0.6) is 0 Å². The topological polar surface area (TPSA) is 104 Å². The minimum Gasteiger partial charge on any atom is -0.469 e. The molecule has 0 aromatic rings. The van der Waals surface area contributed by atoms with E-state index in [4.69, 9.17) is 0 Å². The second kappa shape index (κ2) is 8.17. The molecule has 1 saturated carbocycles. The first-order valence-electron chi connectivity index (χ1n) is 7.89. The molecule has 0 aliphatic heterocycles. The number of carbonyl (C=O) groups excluding carboxylic acids is 5. The maximum Gasteiger partial charge on any atom is 0.316 e. The second-order valence-electron chi connectivity index (χ2n) is 6.67. The van der Waals surface area contributed by atoms with Crippen LogP contribution in [0.3, 0.4) is 0 Å². The molecule has 0 saturated heterocycles. The number of methoxy groups -OCH3 is 2. The van der Waals surface area contributed by atoms with Crippen LogP contribution in [-0.4, -0.2) is 43.5 Å². The lowest BCUT2D eigenvalue weighted by Crippen LogP contribution is -2.51. The summed E-state index contributed by atoms with van der Waals surface area (Å²) in [5.41, 5.74) is -0.872. The molecule has 0 aromatic heterocycles. The van der Waals surface area contributed by atoms with Crippen molar-refractivity contribution in [3.8, 4) is 0 Å². The molecule has 0 aromatic carbocycles. The standard InChI is InChI=1S/C17H24O7/c1-17(2)9-11(19)13(15(21)14(17)16(22)24-4)10(18)7-5-6-8-12(20)23-3/h13-14H,5-9H2,1-4H3/t13-,14+/m1/s1. The molecule has 134 valence electrons. The highest BCUT2D eigenvalue weighted by Gasteiger charge is 2.53. The largest absolute Gasteiger partial charge is 0.469 e. The van der Waals surface area contributed by atoms with Crippen molar-refractivity contribution in [2.45, 2.75) is 46.0 Å². The second-order valence-corrected chi connectivity index (χ2v) is 6.67. The van der Waals surface area contributed by atoms with Gasteiger partial charge in [-0.05, 0) is 18.3 Å². The minimum atomic E-state index is -1.40. The Morgan fingerprint density at radius 1 is 1.04 bits per heavy atom. The summed E-state index contributed by atoms with van der Waals surface area (Å²) in [5.74, 6) is -5.26. The summed E-state index contributed by atoms with van der Waals surface area (Å²) < 4.78 is 9.16. The summed E-state index contributed by atoms with van der Waals surface area (Å²) >= 11 is 0. The molecule has 0 spiro atoms. The zero-order valence-corrected chi connectivity index (χ0v) is 14.5. The average Bonchev–Trinajstić information content (AvgIpc) is 2.49. The number of hydrogen-bond acceptors (Lipinski definition) is 7. The molecule has 0 heterocycles. The molecule has 1 aliphatic carbocycles. The van der Waals surface area contributed by atoms with Crippen molar-refractivity contribution in [3.63, 3.8) is 0 Å². The Morgan fingerprint density at radius 2 is 1.62 bits per heavy atom. The third kappa shape index (κ3) is 4.49. The SMILES string of the molecule is COC(=O)CCCCC(=O)[C@@H]1C(=O)CC(C)(C)[C@H](C(=O)OC)C1=O. The number of ketones is 3. The molecule has 7 heteroatoms. The van der Waals surface area contributed by atoms with Gasteiger partial charge in [-0.3, -0.25) is 24.0 Å². The maximum absolute atomic E-state index is 12.6. The van der Waals surface area contributed by atoms with E-state index in [1.807, 2.05) is 0 Å². The summed E-state index contributed by atoms with van der Waals surface area (Å²) in [4.78, 5) is 60.0. The van der Waals surface area contributed by atoms with Crippen molar-refractivity contribution >= 4 is 29.3 Å². The number of esters is 2. The third-order valence-corrected chi connectivity index (χ3v) is 4.34. The Kier molecular flexibility index (Phi) is 6.81. The number of carbonyl (C=O) groups is 5. The van der Waals surface area contributed by atoms with E-state index < -0.39 is 40.6 Å². The van der Waals surface area contributed by atoms with Crippen LogP contribution in [-0.2, 0) is 33.4 Å². The van der Waals surface area contributed by atoms with Crippen molar-refractivity contribution < 1.29 is 33.4 Å². The van der Waals surface area contributed by atoms with Gasteiger partial charge in [-0.25, -0.2) is 0 Å². The fourth-order valence-electron chi connectivity index (χ4n) is 3.07. The number of unbranched alkanes of at least 4 members (excludes halogenated alkanes) is 1. The Bertz CT molecular complexity index is 547. The summed E-state index contributed by atoms with van der Waals surface area (Å²) in [7, 11) is 2.45. The quantitative estimate of drug-likeness (QED) is 0.390. The van der Waals surface area contributed by atoms with E-state index >= 15 is 0 Å². The van der Waals surface area contributed by atoms with Crippen molar-refractivity contribution in [2.24, 2.45) is 17.3 Å². The van der Waals surface area contributed by atoms with Crippen LogP contribution in [0, 0.1) is 17.3 Å². The number of ether oxygens (including phenoxy) is 2. The molecule has 24 heavy (non-hydrogen) atoms. The normalized spacial score (nSPS) is 22.8. The fraction of sp³-hybridized carbons (Fsp3) is 0.706. The smallest absolute Gasteiger partial charge is 0.316 e. The first-order chi connectivity index (χ1) is 11.2. The minimum absolute atomic E-state index is 0.00740. The van der Waals surface area contributed by atoms with Crippen LogP contribution >= 0.6 is 0 Å². The van der Waals surface area contributed by atoms with Crippen molar-refractivity contribution in [1.82, 2.24) is 0 Å². The highest BCUT2D eigenvalue weighted by atomic mass is 16.5. The van der Waals surface area contributed by atoms with Crippen molar-refractivity contribution in [1.29, 1.82) is 0 Å². The van der Waals surface area contributed by atoms with Gasteiger partial charge < -0.3 is 9.47 Å². The van der Waals surface area contributed by atoms with E-state index in [0.29, 0.717) is 12.8 Å². The fourth-order valence-corrected chi connectivity index (χ4v) is 3.07. The number of rotatable bonds is 7. The molecular formula is C17H24O7. The molecule has 2 atom stereocenters. The molecule has 0 unspecified atom stereocenters. The lowest BCUT2D eigenvalue weighted by Gasteiger charge is -2.37. The zero-order chi connectivity index (χ0) is 18.5. The van der Waals surface area contributed by atoms with E-state index in [1.165, 1.54) is 14.2 Å². The first-order valence-corrected chi connectivity index (χ1v) is 7.89. The van der Waals surface area contributed by atoms with Gasteiger partial charge in [-0.15, -0.1) is 0 Å². The third-order valence-electron chi connectivity index (χ3n) is 4.34. The summed E-state index contributed by atoms with van der Waals surface area (Å²) in [6.07, 6.45) is 0.954. The average molecular weight is 340 g/mol. The summed E-state index contributed by atoms with van der Waals surface area (Å²) in [6, 6.07) is 0.